The highest BCUT2D eigenvalue weighted by molar-refractivity contribution is 5.75. The molecule has 3 aromatic rings. The van der Waals surface area contributed by atoms with Crippen molar-refractivity contribution in [2.24, 2.45) is 0 Å². The largest absolute Gasteiger partial charge is 0.472 e. The summed E-state index contributed by atoms with van der Waals surface area (Å²) in [5, 5.41) is 3.19. The van der Waals surface area contributed by atoms with Crippen molar-refractivity contribution in [1.82, 2.24) is 20.2 Å². The Hall–Kier alpha value is -3.41. The molecule has 0 aliphatic carbocycles. The summed E-state index contributed by atoms with van der Waals surface area (Å²) in [5.41, 5.74) is 2.10. The molecule has 1 fully saturated rings. The van der Waals surface area contributed by atoms with Crippen molar-refractivity contribution in [3.05, 3.63) is 89.9 Å². The molecule has 6 nitrogen and oxygen atoms in total. The van der Waals surface area contributed by atoms with Gasteiger partial charge in [-0.2, -0.15) is 4.98 Å². The molecular weight excluding hydrogens is 364 g/mol. The molecule has 1 aliphatic heterocycles. The summed E-state index contributed by atoms with van der Waals surface area (Å²) in [6.45, 7) is 3.01. The minimum absolute atomic E-state index is 0.0676. The molecule has 29 heavy (non-hydrogen) atoms. The summed E-state index contributed by atoms with van der Waals surface area (Å²) in [7, 11) is 0. The number of rotatable bonds is 5. The molecule has 1 atom stereocenters. The van der Waals surface area contributed by atoms with Crippen LogP contribution in [0.3, 0.4) is 0 Å². The first-order valence-electron chi connectivity index (χ1n) is 9.80. The first-order chi connectivity index (χ1) is 14.2. The van der Waals surface area contributed by atoms with E-state index in [-0.39, 0.29) is 18.2 Å². The number of ether oxygens (including phenoxy) is 1. The van der Waals surface area contributed by atoms with Crippen molar-refractivity contribution in [2.45, 2.75) is 25.5 Å². The van der Waals surface area contributed by atoms with Crippen molar-refractivity contribution in [1.29, 1.82) is 0 Å². The van der Waals surface area contributed by atoms with Crippen LogP contribution in [0.2, 0.25) is 0 Å². The summed E-state index contributed by atoms with van der Waals surface area (Å²) < 4.78 is 5.94. The Morgan fingerprint density at radius 2 is 1.72 bits per heavy atom. The summed E-state index contributed by atoms with van der Waals surface area (Å²) in [5.74, 6) is 1.22. The number of benzene rings is 2. The second-order valence-corrected chi connectivity index (χ2v) is 7.12. The molecule has 1 N–H and O–H groups in total. The fourth-order valence-electron chi connectivity index (χ4n) is 3.54. The fraction of sp³-hybridized carbons (Fsp3) is 0.261. The third kappa shape index (κ3) is 4.71. The average molecular weight is 388 g/mol. The van der Waals surface area contributed by atoms with Gasteiger partial charge in [-0.1, -0.05) is 60.7 Å². The Morgan fingerprint density at radius 3 is 2.34 bits per heavy atom. The Labute approximate surface area is 170 Å². The standard InChI is InChI=1S/C23H24N4O2/c1-17-24-14-12-21(25-17)29-20-13-15-27(16-20)23(28)26-22(18-8-4-2-5-9-18)19-10-6-3-7-11-19/h2-12,14,20,22H,13,15-16H2,1H3,(H,26,28). The lowest BCUT2D eigenvalue weighted by atomic mass is 9.99. The van der Waals surface area contributed by atoms with Crippen molar-refractivity contribution in [2.75, 3.05) is 13.1 Å². The van der Waals surface area contributed by atoms with Crippen molar-refractivity contribution in [3.8, 4) is 5.88 Å². The highest BCUT2D eigenvalue weighted by atomic mass is 16.5. The molecule has 1 unspecified atom stereocenters. The topological polar surface area (TPSA) is 67.3 Å². The van der Waals surface area contributed by atoms with Crippen LogP contribution in [0, 0.1) is 6.92 Å². The van der Waals surface area contributed by atoms with Gasteiger partial charge in [-0.15, -0.1) is 0 Å². The van der Waals surface area contributed by atoms with E-state index in [1.807, 2.05) is 67.6 Å². The number of hydrogen-bond acceptors (Lipinski definition) is 4. The zero-order valence-electron chi connectivity index (χ0n) is 16.4. The summed E-state index contributed by atoms with van der Waals surface area (Å²) in [6, 6.07) is 21.5. The zero-order valence-corrected chi connectivity index (χ0v) is 16.4. The molecule has 0 spiro atoms. The molecule has 2 heterocycles. The van der Waals surface area contributed by atoms with Crippen LogP contribution in [-0.2, 0) is 0 Å². The smallest absolute Gasteiger partial charge is 0.318 e. The maximum Gasteiger partial charge on any atom is 0.318 e. The number of aryl methyl sites for hydroxylation is 1. The van der Waals surface area contributed by atoms with E-state index in [2.05, 4.69) is 15.3 Å². The van der Waals surface area contributed by atoms with Gasteiger partial charge in [0.25, 0.3) is 0 Å². The van der Waals surface area contributed by atoms with Gasteiger partial charge in [0.15, 0.2) is 0 Å². The maximum atomic E-state index is 13.0. The molecule has 2 aromatic carbocycles. The number of hydrogen-bond donors (Lipinski definition) is 1. The van der Waals surface area contributed by atoms with Gasteiger partial charge in [0, 0.05) is 25.2 Å². The fourth-order valence-corrected chi connectivity index (χ4v) is 3.54. The van der Waals surface area contributed by atoms with Crippen LogP contribution in [0.25, 0.3) is 0 Å². The van der Waals surface area contributed by atoms with Gasteiger partial charge < -0.3 is 15.0 Å². The van der Waals surface area contributed by atoms with Gasteiger partial charge in [-0.25, -0.2) is 9.78 Å². The zero-order chi connectivity index (χ0) is 20.1. The Balaban J connectivity index is 1.43. The van der Waals surface area contributed by atoms with Crippen molar-refractivity contribution in [3.63, 3.8) is 0 Å². The van der Waals surface area contributed by atoms with Crippen molar-refractivity contribution < 1.29 is 9.53 Å². The molecule has 2 amide bonds. The number of nitrogens with zero attached hydrogens (tertiary/aromatic N) is 3. The second kappa shape index (κ2) is 8.73. The van der Waals surface area contributed by atoms with Gasteiger partial charge in [0.2, 0.25) is 5.88 Å². The Kier molecular flexibility index (Phi) is 5.70. The maximum absolute atomic E-state index is 13.0. The molecule has 1 saturated heterocycles. The summed E-state index contributed by atoms with van der Waals surface area (Å²) >= 11 is 0. The van der Waals surface area contributed by atoms with Crippen LogP contribution in [-0.4, -0.2) is 40.1 Å². The van der Waals surface area contributed by atoms with Gasteiger partial charge in [-0.3, -0.25) is 0 Å². The number of aromatic nitrogens is 2. The average Bonchev–Trinajstić information content (AvgIpc) is 3.22. The molecule has 0 radical (unpaired) electrons. The minimum Gasteiger partial charge on any atom is -0.472 e. The SMILES string of the molecule is Cc1nccc(OC2CCN(C(=O)NC(c3ccccc3)c3ccccc3)C2)n1. The van der Waals surface area contributed by atoms with E-state index in [9.17, 15) is 4.79 Å². The third-order valence-electron chi connectivity index (χ3n) is 5.00. The van der Waals surface area contributed by atoms with E-state index in [1.54, 1.807) is 17.2 Å². The van der Waals surface area contributed by atoms with E-state index in [0.29, 0.717) is 24.8 Å². The molecule has 0 saturated carbocycles. The lowest BCUT2D eigenvalue weighted by Crippen LogP contribution is -2.41. The number of nitrogens with one attached hydrogen (secondary N) is 1. The predicted octanol–water partition coefficient (Wildman–Crippen LogP) is 3.74. The molecular formula is C23H24N4O2. The Bertz CT molecular complexity index is 910. The van der Waals surface area contributed by atoms with E-state index < -0.39 is 0 Å². The molecule has 0 bridgehead atoms. The quantitative estimate of drug-likeness (QED) is 0.723. The van der Waals surface area contributed by atoms with E-state index in [1.165, 1.54) is 0 Å². The highest BCUT2D eigenvalue weighted by Gasteiger charge is 2.29. The van der Waals surface area contributed by atoms with Gasteiger partial charge >= 0.3 is 6.03 Å². The summed E-state index contributed by atoms with van der Waals surface area (Å²) in [4.78, 5) is 23.2. The molecule has 6 heteroatoms. The molecule has 4 rings (SSSR count). The lowest BCUT2D eigenvalue weighted by Gasteiger charge is -2.24. The number of carbonyl (C=O) groups excluding carboxylic acids is 1. The predicted molar refractivity (Wildman–Crippen MR) is 111 cm³/mol. The Morgan fingerprint density at radius 1 is 1.07 bits per heavy atom. The van der Waals surface area contributed by atoms with Crippen LogP contribution in [0.5, 0.6) is 5.88 Å². The van der Waals surface area contributed by atoms with E-state index in [4.69, 9.17) is 4.74 Å². The third-order valence-corrected chi connectivity index (χ3v) is 5.00. The number of amides is 2. The highest BCUT2D eigenvalue weighted by Crippen LogP contribution is 2.23. The lowest BCUT2D eigenvalue weighted by molar-refractivity contribution is 0.181. The van der Waals surface area contributed by atoms with Gasteiger partial charge in [0.1, 0.15) is 11.9 Å². The number of likely N-dealkylation sites (tertiary alicyclic amines) is 1. The van der Waals surface area contributed by atoms with Crippen LogP contribution in [0.1, 0.15) is 29.4 Å². The van der Waals surface area contributed by atoms with Gasteiger partial charge in [-0.05, 0) is 18.1 Å². The molecule has 148 valence electrons. The summed E-state index contributed by atoms with van der Waals surface area (Å²) in [6.07, 6.45) is 2.39. The van der Waals surface area contributed by atoms with E-state index in [0.717, 1.165) is 17.5 Å². The number of urea groups is 1. The first kappa shape index (κ1) is 18.9. The van der Waals surface area contributed by atoms with E-state index >= 15 is 0 Å². The van der Waals surface area contributed by atoms with Crippen LogP contribution >= 0.6 is 0 Å². The van der Waals surface area contributed by atoms with Crippen molar-refractivity contribution >= 4 is 6.03 Å². The second-order valence-electron chi connectivity index (χ2n) is 7.12. The minimum atomic E-state index is -0.200. The monoisotopic (exact) mass is 388 g/mol. The van der Waals surface area contributed by atoms with Crippen LogP contribution < -0.4 is 10.1 Å². The van der Waals surface area contributed by atoms with Gasteiger partial charge in [0.05, 0.1) is 12.6 Å². The molecule has 1 aliphatic rings. The normalized spacial score (nSPS) is 16.1. The number of carbonyl (C=O) groups is 1. The molecule has 1 aromatic heterocycles. The van der Waals surface area contributed by atoms with Crippen LogP contribution in [0.15, 0.2) is 72.9 Å². The first-order valence-corrected chi connectivity index (χ1v) is 9.80. The van der Waals surface area contributed by atoms with Crippen LogP contribution in [0.4, 0.5) is 4.79 Å².